The summed E-state index contributed by atoms with van der Waals surface area (Å²) in [5, 5.41) is 0. The molecule has 0 amide bonds. The number of methoxy groups -OCH3 is 1. The third-order valence-electron chi connectivity index (χ3n) is 1.97. The third kappa shape index (κ3) is 4.12. The highest BCUT2D eigenvalue weighted by molar-refractivity contribution is 7.86. The third-order valence-corrected chi connectivity index (χ3v) is 2.61. The van der Waals surface area contributed by atoms with E-state index in [2.05, 4.69) is 9.72 Å². The van der Waals surface area contributed by atoms with Crippen molar-refractivity contribution in [3.63, 3.8) is 0 Å². The van der Waals surface area contributed by atoms with Gasteiger partial charge in [-0.25, -0.2) is 9.78 Å². The Labute approximate surface area is 99.7 Å². The van der Waals surface area contributed by atoms with Crippen molar-refractivity contribution in [2.24, 2.45) is 0 Å². The summed E-state index contributed by atoms with van der Waals surface area (Å²) in [6.07, 6.45) is 1.70. The molecule has 0 radical (unpaired) electrons. The van der Waals surface area contributed by atoms with Crippen molar-refractivity contribution in [2.75, 3.05) is 13.4 Å². The summed E-state index contributed by atoms with van der Waals surface area (Å²) >= 11 is 0. The number of hydrogen-bond donors (Lipinski definition) is 0. The van der Waals surface area contributed by atoms with Crippen molar-refractivity contribution in [3.05, 3.63) is 29.6 Å². The van der Waals surface area contributed by atoms with Gasteiger partial charge >= 0.3 is 5.97 Å². The molecular formula is C10H13NO5S. The lowest BCUT2D eigenvalue weighted by atomic mass is 10.2. The zero-order valence-electron chi connectivity index (χ0n) is 9.71. The summed E-state index contributed by atoms with van der Waals surface area (Å²) in [5.74, 6) is -0.548. The molecule has 0 aliphatic carbocycles. The van der Waals surface area contributed by atoms with E-state index in [1.165, 1.54) is 19.4 Å². The lowest BCUT2D eigenvalue weighted by Crippen LogP contribution is -2.09. The number of carbonyl (C=O) groups excluding carboxylic acids is 1. The molecule has 6 nitrogen and oxygen atoms in total. The minimum atomic E-state index is -3.52. The van der Waals surface area contributed by atoms with Crippen LogP contribution in [-0.2, 0) is 19.0 Å². The number of esters is 1. The fourth-order valence-corrected chi connectivity index (χ4v) is 1.82. The highest BCUT2D eigenvalue weighted by atomic mass is 32.2. The van der Waals surface area contributed by atoms with Crippen LogP contribution in [0.4, 0.5) is 0 Å². The Hall–Kier alpha value is -1.47. The van der Waals surface area contributed by atoms with Crippen LogP contribution in [0, 0.1) is 0 Å². The standard InChI is InChI=1S/C10H13NO5S/c1-7(16-17(3,13)14)8-4-5-9(11-6-8)10(12)15-2/h4-7H,1-3H3/t7-/m0/s1. The quantitative estimate of drug-likeness (QED) is 0.590. The molecule has 1 rings (SSSR count). The van der Waals surface area contributed by atoms with Gasteiger partial charge in [-0.2, -0.15) is 8.42 Å². The van der Waals surface area contributed by atoms with Gasteiger partial charge in [-0.1, -0.05) is 6.07 Å². The first-order valence-electron chi connectivity index (χ1n) is 4.76. The Morgan fingerprint density at radius 2 is 2.06 bits per heavy atom. The number of carbonyl (C=O) groups is 1. The van der Waals surface area contributed by atoms with Crippen molar-refractivity contribution in [3.8, 4) is 0 Å². The lowest BCUT2D eigenvalue weighted by Gasteiger charge is -2.10. The van der Waals surface area contributed by atoms with Crippen molar-refractivity contribution in [1.29, 1.82) is 0 Å². The Kier molecular flexibility index (Phi) is 4.19. The first-order valence-corrected chi connectivity index (χ1v) is 6.57. The lowest BCUT2D eigenvalue weighted by molar-refractivity contribution is 0.0593. The average Bonchev–Trinajstić information content (AvgIpc) is 2.26. The molecule has 0 aliphatic heterocycles. The summed E-state index contributed by atoms with van der Waals surface area (Å²) < 4.78 is 31.1. The topological polar surface area (TPSA) is 82.6 Å². The SMILES string of the molecule is COC(=O)c1ccc([C@H](C)OS(C)(=O)=O)cn1. The molecule has 0 aliphatic rings. The summed E-state index contributed by atoms with van der Waals surface area (Å²) in [6.45, 7) is 1.58. The van der Waals surface area contributed by atoms with Crippen LogP contribution in [0.3, 0.4) is 0 Å². The van der Waals surface area contributed by atoms with Crippen molar-refractivity contribution >= 4 is 16.1 Å². The normalized spacial score (nSPS) is 13.1. The second-order valence-corrected chi connectivity index (χ2v) is 5.01. The zero-order valence-corrected chi connectivity index (χ0v) is 10.5. The van der Waals surface area contributed by atoms with E-state index in [0.717, 1.165) is 6.26 Å². The van der Waals surface area contributed by atoms with Crippen LogP contribution in [0.15, 0.2) is 18.3 Å². The number of ether oxygens (including phenoxy) is 1. The predicted molar refractivity (Wildman–Crippen MR) is 59.9 cm³/mol. The number of pyridine rings is 1. The van der Waals surface area contributed by atoms with E-state index in [0.29, 0.717) is 5.56 Å². The monoisotopic (exact) mass is 259 g/mol. The second-order valence-electron chi connectivity index (χ2n) is 3.41. The van der Waals surface area contributed by atoms with Crippen LogP contribution >= 0.6 is 0 Å². The molecule has 0 fully saturated rings. The fourth-order valence-electron chi connectivity index (χ4n) is 1.19. The van der Waals surface area contributed by atoms with Crippen molar-refractivity contribution < 1.29 is 22.1 Å². The Morgan fingerprint density at radius 1 is 1.41 bits per heavy atom. The van der Waals surface area contributed by atoms with Gasteiger partial charge in [0.2, 0.25) is 0 Å². The van der Waals surface area contributed by atoms with E-state index in [4.69, 9.17) is 4.18 Å². The van der Waals surface area contributed by atoms with E-state index in [-0.39, 0.29) is 5.69 Å². The van der Waals surface area contributed by atoms with Gasteiger partial charge in [0.1, 0.15) is 11.8 Å². The van der Waals surface area contributed by atoms with Crippen LogP contribution in [0.2, 0.25) is 0 Å². The highest BCUT2D eigenvalue weighted by Crippen LogP contribution is 2.17. The van der Waals surface area contributed by atoms with E-state index in [1.54, 1.807) is 13.0 Å². The van der Waals surface area contributed by atoms with Gasteiger partial charge < -0.3 is 4.74 Å². The van der Waals surface area contributed by atoms with E-state index < -0.39 is 22.2 Å². The van der Waals surface area contributed by atoms with Gasteiger partial charge in [0.15, 0.2) is 0 Å². The molecule has 0 bridgehead atoms. The van der Waals surface area contributed by atoms with Crippen LogP contribution in [0.5, 0.6) is 0 Å². The number of hydrogen-bond acceptors (Lipinski definition) is 6. The molecular weight excluding hydrogens is 246 g/mol. The molecule has 0 saturated carbocycles. The zero-order chi connectivity index (χ0) is 13.1. The van der Waals surface area contributed by atoms with Crippen LogP contribution < -0.4 is 0 Å². The van der Waals surface area contributed by atoms with Gasteiger partial charge in [-0.15, -0.1) is 0 Å². The minimum absolute atomic E-state index is 0.155. The smallest absolute Gasteiger partial charge is 0.356 e. The molecule has 0 saturated heterocycles. The molecule has 1 heterocycles. The van der Waals surface area contributed by atoms with Crippen LogP contribution in [-0.4, -0.2) is 32.7 Å². The molecule has 7 heteroatoms. The maximum Gasteiger partial charge on any atom is 0.356 e. The Balaban J connectivity index is 2.84. The number of aromatic nitrogens is 1. The van der Waals surface area contributed by atoms with E-state index >= 15 is 0 Å². The molecule has 17 heavy (non-hydrogen) atoms. The highest BCUT2D eigenvalue weighted by Gasteiger charge is 2.14. The maximum absolute atomic E-state index is 11.1. The average molecular weight is 259 g/mol. The summed E-state index contributed by atoms with van der Waals surface area (Å²) in [5.41, 5.74) is 0.714. The van der Waals surface area contributed by atoms with E-state index in [9.17, 15) is 13.2 Å². The number of nitrogens with zero attached hydrogens (tertiary/aromatic N) is 1. The molecule has 0 N–H and O–H groups in total. The maximum atomic E-state index is 11.1. The molecule has 1 aromatic heterocycles. The molecule has 1 aromatic rings. The van der Waals surface area contributed by atoms with Crippen molar-refractivity contribution in [2.45, 2.75) is 13.0 Å². The largest absolute Gasteiger partial charge is 0.464 e. The molecule has 94 valence electrons. The Bertz CT molecular complexity index is 494. The first kappa shape index (κ1) is 13.6. The van der Waals surface area contributed by atoms with Crippen molar-refractivity contribution in [1.82, 2.24) is 4.98 Å². The van der Waals surface area contributed by atoms with Gasteiger partial charge in [-0.05, 0) is 13.0 Å². The molecule has 1 atom stereocenters. The van der Waals surface area contributed by atoms with Gasteiger partial charge in [-0.3, -0.25) is 4.18 Å². The van der Waals surface area contributed by atoms with Gasteiger partial charge in [0.25, 0.3) is 10.1 Å². The first-order chi connectivity index (χ1) is 7.83. The van der Waals surface area contributed by atoms with Gasteiger partial charge in [0.05, 0.1) is 13.4 Å². The second kappa shape index (κ2) is 5.24. The molecule has 0 unspecified atom stereocenters. The van der Waals surface area contributed by atoms with Crippen LogP contribution in [0.1, 0.15) is 29.1 Å². The van der Waals surface area contributed by atoms with Crippen LogP contribution in [0.25, 0.3) is 0 Å². The number of rotatable bonds is 4. The Morgan fingerprint density at radius 3 is 2.47 bits per heavy atom. The summed E-state index contributed by atoms with van der Waals surface area (Å²) in [6, 6.07) is 3.01. The fraction of sp³-hybridized carbons (Fsp3) is 0.400. The molecule has 0 aromatic carbocycles. The van der Waals surface area contributed by atoms with E-state index in [1.807, 2.05) is 0 Å². The van der Waals surface area contributed by atoms with Gasteiger partial charge in [0, 0.05) is 11.8 Å². The summed E-state index contributed by atoms with van der Waals surface area (Å²) in [7, 11) is -2.26. The summed E-state index contributed by atoms with van der Waals surface area (Å²) in [4.78, 5) is 15.0. The molecule has 0 spiro atoms. The predicted octanol–water partition coefficient (Wildman–Crippen LogP) is 0.905. The minimum Gasteiger partial charge on any atom is -0.464 e.